The normalized spacial score (nSPS) is 19.2. The van der Waals surface area contributed by atoms with E-state index in [0.717, 1.165) is 0 Å². The second-order valence-corrected chi connectivity index (χ2v) is 8.58. The van der Waals surface area contributed by atoms with Gasteiger partial charge in [0.05, 0.1) is 6.42 Å². The molecule has 25 heavy (non-hydrogen) atoms. The molecule has 1 fully saturated rings. The molecule has 0 spiro atoms. The summed E-state index contributed by atoms with van der Waals surface area (Å²) >= 11 is 0. The quantitative estimate of drug-likeness (QED) is 0.754. The van der Waals surface area contributed by atoms with E-state index in [4.69, 9.17) is 5.11 Å². The number of carboxylic acid groups (broad SMARTS) is 1. The summed E-state index contributed by atoms with van der Waals surface area (Å²) < 4.78 is 0. The number of carboxylic acids is 1. The molecule has 0 aliphatic carbocycles. The van der Waals surface area contributed by atoms with Crippen molar-refractivity contribution in [1.82, 2.24) is 10.2 Å². The maximum Gasteiger partial charge on any atom is 0.304 e. The second-order valence-electron chi connectivity index (χ2n) is 8.58. The number of hydrogen-bond acceptors (Lipinski definition) is 4. The number of carbonyl (C=O) groups is 4. The Balaban J connectivity index is 0.000000462. The van der Waals surface area contributed by atoms with Gasteiger partial charge in [-0.25, -0.2) is 0 Å². The first-order valence-corrected chi connectivity index (χ1v) is 8.47. The van der Waals surface area contributed by atoms with Crippen molar-refractivity contribution in [3.8, 4) is 0 Å². The first kappa shape index (κ1) is 23.1. The Morgan fingerprint density at radius 3 is 1.92 bits per heavy atom. The second kappa shape index (κ2) is 8.45. The van der Waals surface area contributed by atoms with Crippen LogP contribution in [0.2, 0.25) is 0 Å². The van der Waals surface area contributed by atoms with Crippen LogP contribution in [0, 0.1) is 11.8 Å². The summed E-state index contributed by atoms with van der Waals surface area (Å²) in [6.07, 6.45) is 0.248. The molecule has 1 heterocycles. The van der Waals surface area contributed by atoms with Gasteiger partial charge in [0.2, 0.25) is 17.7 Å². The highest BCUT2D eigenvalue weighted by Gasteiger charge is 2.41. The highest BCUT2D eigenvalue weighted by Crippen LogP contribution is 2.26. The molecule has 2 N–H and O–H groups in total. The lowest BCUT2D eigenvalue weighted by Gasteiger charge is -2.29. The van der Waals surface area contributed by atoms with E-state index in [2.05, 4.69) is 5.32 Å². The molecule has 1 aliphatic heterocycles. The zero-order valence-electron chi connectivity index (χ0n) is 16.6. The molecule has 144 valence electrons. The van der Waals surface area contributed by atoms with Gasteiger partial charge in [-0.2, -0.15) is 0 Å². The third-order valence-corrected chi connectivity index (χ3v) is 3.47. The van der Waals surface area contributed by atoms with E-state index in [9.17, 15) is 19.2 Å². The van der Waals surface area contributed by atoms with Gasteiger partial charge < -0.3 is 10.4 Å². The third kappa shape index (κ3) is 8.14. The van der Waals surface area contributed by atoms with E-state index in [1.165, 1.54) is 4.90 Å². The smallest absolute Gasteiger partial charge is 0.304 e. The molecule has 0 radical (unpaired) electrons. The van der Waals surface area contributed by atoms with Gasteiger partial charge in [0.25, 0.3) is 0 Å². The molecule has 0 aromatic rings. The lowest BCUT2D eigenvalue weighted by atomic mass is 10.0. The van der Waals surface area contributed by atoms with E-state index in [1.54, 1.807) is 13.8 Å². The first-order chi connectivity index (χ1) is 11.1. The van der Waals surface area contributed by atoms with Gasteiger partial charge in [-0.3, -0.25) is 24.1 Å². The fourth-order valence-electron chi connectivity index (χ4n) is 2.34. The summed E-state index contributed by atoms with van der Waals surface area (Å²) in [6, 6.07) is 0. The van der Waals surface area contributed by atoms with Crippen molar-refractivity contribution in [2.24, 2.45) is 11.8 Å². The highest BCUT2D eigenvalue weighted by atomic mass is 16.4. The highest BCUT2D eigenvalue weighted by molar-refractivity contribution is 6.04. The van der Waals surface area contributed by atoms with Crippen LogP contribution in [-0.2, 0) is 19.2 Å². The molecule has 7 heteroatoms. The molecule has 2 atom stereocenters. The summed E-state index contributed by atoms with van der Waals surface area (Å²) in [5, 5.41) is 11.2. The van der Waals surface area contributed by atoms with Crippen molar-refractivity contribution in [2.75, 3.05) is 0 Å². The summed E-state index contributed by atoms with van der Waals surface area (Å²) in [4.78, 5) is 45.8. The van der Waals surface area contributed by atoms with E-state index in [1.807, 2.05) is 41.5 Å². The molecule has 0 saturated carbocycles. The van der Waals surface area contributed by atoms with Gasteiger partial charge in [0.1, 0.15) is 0 Å². The number of hydrogen-bond donors (Lipinski definition) is 2. The lowest BCUT2D eigenvalue weighted by Crippen LogP contribution is -2.45. The van der Waals surface area contributed by atoms with Crippen molar-refractivity contribution < 1.29 is 24.3 Å². The molecule has 0 bridgehead atoms. The van der Waals surface area contributed by atoms with Crippen molar-refractivity contribution in [3.05, 3.63) is 0 Å². The molecule has 7 nitrogen and oxygen atoms in total. The molecule has 3 amide bonds. The minimum atomic E-state index is -0.948. The van der Waals surface area contributed by atoms with Crippen LogP contribution >= 0.6 is 0 Å². The van der Waals surface area contributed by atoms with E-state index in [-0.39, 0.29) is 41.1 Å². The third-order valence-electron chi connectivity index (χ3n) is 3.47. The van der Waals surface area contributed by atoms with Gasteiger partial charge in [-0.05, 0) is 41.5 Å². The van der Waals surface area contributed by atoms with Gasteiger partial charge in [-0.15, -0.1) is 0 Å². The Morgan fingerprint density at radius 2 is 1.68 bits per heavy atom. The minimum absolute atomic E-state index is 0.0347. The van der Waals surface area contributed by atoms with Gasteiger partial charge in [0, 0.05) is 29.3 Å². The van der Waals surface area contributed by atoms with Crippen LogP contribution in [0.25, 0.3) is 0 Å². The van der Waals surface area contributed by atoms with E-state index >= 15 is 0 Å². The van der Waals surface area contributed by atoms with Crippen LogP contribution < -0.4 is 5.32 Å². The number of imide groups is 1. The van der Waals surface area contributed by atoms with Crippen molar-refractivity contribution >= 4 is 23.7 Å². The number of carbonyl (C=O) groups excluding carboxylic acids is 3. The standard InChI is InChI=1S/C9H17NO3.C9H15NO2/c1-6(5-7(11)12)8(13)10-9(2,3)4;1-6-5-7(11)10(8(6)12)9(2,3)4/h6H,5H2,1-4H3,(H,10,13)(H,11,12);6H,5H2,1-4H3. The molecular weight excluding hydrogens is 324 g/mol. The molecule has 2 unspecified atom stereocenters. The molecular formula is C18H32N2O5. The van der Waals surface area contributed by atoms with Crippen molar-refractivity contribution in [3.63, 3.8) is 0 Å². The average Bonchev–Trinajstić information content (AvgIpc) is 2.60. The number of nitrogens with zero attached hydrogens (tertiary/aromatic N) is 1. The Hall–Kier alpha value is -1.92. The Kier molecular flexibility index (Phi) is 7.80. The summed E-state index contributed by atoms with van der Waals surface area (Å²) in [6.45, 7) is 14.6. The SMILES string of the molecule is CC(CC(=O)O)C(=O)NC(C)(C)C.CC1CC(=O)N(C(C)(C)C)C1=O. The zero-order chi connectivity index (χ0) is 20.2. The van der Waals surface area contributed by atoms with E-state index in [0.29, 0.717) is 6.42 Å². The molecule has 0 aromatic carbocycles. The number of amides is 3. The topological polar surface area (TPSA) is 104 Å². The molecule has 0 aromatic heterocycles. The first-order valence-electron chi connectivity index (χ1n) is 8.47. The van der Waals surface area contributed by atoms with E-state index < -0.39 is 11.9 Å². The van der Waals surface area contributed by atoms with Crippen molar-refractivity contribution in [1.29, 1.82) is 0 Å². The number of nitrogens with one attached hydrogen (secondary N) is 1. The van der Waals surface area contributed by atoms with Crippen LogP contribution in [0.4, 0.5) is 0 Å². The Labute approximate surface area is 150 Å². The minimum Gasteiger partial charge on any atom is -0.481 e. The number of likely N-dealkylation sites (tertiary alicyclic amines) is 1. The maximum atomic E-state index is 11.5. The van der Waals surface area contributed by atoms with Crippen LogP contribution in [0.1, 0.15) is 68.2 Å². The average molecular weight is 356 g/mol. The Morgan fingerprint density at radius 1 is 1.20 bits per heavy atom. The van der Waals surface area contributed by atoms with Gasteiger partial charge in [-0.1, -0.05) is 13.8 Å². The fraction of sp³-hybridized carbons (Fsp3) is 0.778. The molecule has 1 aliphatic rings. The largest absolute Gasteiger partial charge is 0.481 e. The van der Waals surface area contributed by atoms with Crippen LogP contribution in [-0.4, -0.2) is 44.8 Å². The Bertz CT molecular complexity index is 529. The molecule has 1 rings (SSSR count). The fourth-order valence-corrected chi connectivity index (χ4v) is 2.34. The predicted octanol–water partition coefficient (Wildman–Crippen LogP) is 2.19. The predicted molar refractivity (Wildman–Crippen MR) is 94.7 cm³/mol. The van der Waals surface area contributed by atoms with Gasteiger partial charge >= 0.3 is 5.97 Å². The van der Waals surface area contributed by atoms with Crippen molar-refractivity contribution in [2.45, 2.75) is 79.3 Å². The van der Waals surface area contributed by atoms with Crippen LogP contribution in [0.15, 0.2) is 0 Å². The van der Waals surface area contributed by atoms with Crippen LogP contribution in [0.3, 0.4) is 0 Å². The number of aliphatic carboxylic acids is 1. The van der Waals surface area contributed by atoms with Crippen LogP contribution in [0.5, 0.6) is 0 Å². The lowest BCUT2D eigenvalue weighted by molar-refractivity contribution is -0.144. The maximum absolute atomic E-state index is 11.5. The zero-order valence-corrected chi connectivity index (χ0v) is 16.6. The molecule has 1 saturated heterocycles. The number of rotatable bonds is 3. The summed E-state index contributed by atoms with van der Waals surface area (Å²) in [5.74, 6) is -1.84. The van der Waals surface area contributed by atoms with Gasteiger partial charge in [0.15, 0.2) is 0 Å². The summed E-state index contributed by atoms with van der Waals surface area (Å²) in [5.41, 5.74) is -0.664. The summed E-state index contributed by atoms with van der Waals surface area (Å²) in [7, 11) is 0. The monoisotopic (exact) mass is 356 g/mol.